The standard InChI is InChI=1S/C19H13F3N10O/c1-10-2-3-14(24)30-16(10)31-15(19(20,21)22)13(9-28-31)18(33)29-12-6-11(7-23)17(25-8-12)32-26-4-5-27-32/h2-6,8-9H,1H3,(H2,24,30)(H,29,33). The number of halogens is 3. The molecule has 0 spiro atoms. The molecule has 14 heteroatoms. The van der Waals surface area contributed by atoms with Crippen LogP contribution in [0.1, 0.15) is 27.2 Å². The first-order chi connectivity index (χ1) is 15.7. The van der Waals surface area contributed by atoms with Gasteiger partial charge < -0.3 is 11.1 Å². The van der Waals surface area contributed by atoms with E-state index in [0.717, 1.165) is 11.0 Å². The third kappa shape index (κ3) is 4.06. The minimum absolute atomic E-state index is 0.00433. The van der Waals surface area contributed by atoms with E-state index in [1.165, 1.54) is 43.7 Å². The van der Waals surface area contributed by atoms with Gasteiger partial charge in [-0.05, 0) is 24.6 Å². The Morgan fingerprint density at radius 2 is 1.88 bits per heavy atom. The van der Waals surface area contributed by atoms with Crippen LogP contribution in [0.4, 0.5) is 24.7 Å². The molecule has 0 atom stereocenters. The Morgan fingerprint density at radius 1 is 1.15 bits per heavy atom. The Hall–Kier alpha value is -4.80. The number of rotatable bonds is 4. The molecule has 33 heavy (non-hydrogen) atoms. The van der Waals surface area contributed by atoms with Gasteiger partial charge in [-0.15, -0.1) is 4.80 Å². The molecule has 0 aliphatic carbocycles. The van der Waals surface area contributed by atoms with E-state index in [2.05, 4.69) is 30.6 Å². The van der Waals surface area contributed by atoms with Crippen LogP contribution in [0, 0.1) is 18.3 Å². The SMILES string of the molecule is Cc1ccc(N)nc1-n1ncc(C(=O)Nc2cnc(-n3nccn3)c(C#N)c2)c1C(F)(F)F. The van der Waals surface area contributed by atoms with Gasteiger partial charge in [0.25, 0.3) is 5.91 Å². The number of anilines is 2. The van der Waals surface area contributed by atoms with E-state index in [9.17, 15) is 23.2 Å². The Labute approximate surface area is 183 Å². The summed E-state index contributed by atoms with van der Waals surface area (Å²) in [6.45, 7) is 1.54. The topological polar surface area (TPSA) is 153 Å². The van der Waals surface area contributed by atoms with Gasteiger partial charge in [0.05, 0.1) is 36.0 Å². The predicted molar refractivity (Wildman–Crippen MR) is 107 cm³/mol. The molecule has 0 saturated heterocycles. The largest absolute Gasteiger partial charge is 0.434 e. The molecule has 4 rings (SSSR count). The molecule has 3 N–H and O–H groups in total. The Kier molecular flexibility index (Phi) is 5.22. The zero-order valence-electron chi connectivity index (χ0n) is 16.7. The van der Waals surface area contributed by atoms with E-state index >= 15 is 0 Å². The van der Waals surface area contributed by atoms with Crippen LogP contribution in [-0.4, -0.2) is 40.6 Å². The fraction of sp³-hybridized carbons (Fsp3) is 0.105. The normalized spacial score (nSPS) is 11.2. The first-order valence-corrected chi connectivity index (χ1v) is 9.16. The number of aromatic nitrogens is 7. The monoisotopic (exact) mass is 454 g/mol. The van der Waals surface area contributed by atoms with Gasteiger partial charge in [-0.25, -0.2) is 14.6 Å². The van der Waals surface area contributed by atoms with Crippen molar-refractivity contribution >= 4 is 17.4 Å². The summed E-state index contributed by atoms with van der Waals surface area (Å²) in [5.74, 6) is -1.18. The maximum atomic E-state index is 13.9. The molecule has 0 fully saturated rings. The lowest BCUT2D eigenvalue weighted by Crippen LogP contribution is -2.21. The number of hydrogen-bond donors (Lipinski definition) is 2. The highest BCUT2D eigenvalue weighted by molar-refractivity contribution is 6.05. The molecule has 4 aromatic heterocycles. The highest BCUT2D eigenvalue weighted by Crippen LogP contribution is 2.34. The number of pyridine rings is 2. The second-order valence-electron chi connectivity index (χ2n) is 6.67. The van der Waals surface area contributed by atoms with Gasteiger partial charge in [-0.1, -0.05) is 6.07 Å². The number of amides is 1. The molecule has 166 valence electrons. The second-order valence-corrected chi connectivity index (χ2v) is 6.67. The molecular weight excluding hydrogens is 441 g/mol. The molecule has 4 aromatic rings. The van der Waals surface area contributed by atoms with Crippen molar-refractivity contribution in [2.75, 3.05) is 11.1 Å². The van der Waals surface area contributed by atoms with Crippen LogP contribution in [0.25, 0.3) is 11.6 Å². The van der Waals surface area contributed by atoms with Gasteiger partial charge in [-0.3, -0.25) is 4.79 Å². The van der Waals surface area contributed by atoms with Crippen LogP contribution in [0.15, 0.2) is 43.0 Å². The van der Waals surface area contributed by atoms with Gasteiger partial charge in [0.1, 0.15) is 17.5 Å². The van der Waals surface area contributed by atoms with E-state index in [1.807, 2.05) is 6.07 Å². The van der Waals surface area contributed by atoms with Gasteiger partial charge in [0, 0.05) is 0 Å². The molecule has 0 unspecified atom stereocenters. The summed E-state index contributed by atoms with van der Waals surface area (Å²) >= 11 is 0. The molecule has 0 aliphatic rings. The number of nitrogens with two attached hydrogens (primary N) is 1. The lowest BCUT2D eigenvalue weighted by atomic mass is 10.2. The van der Waals surface area contributed by atoms with Crippen molar-refractivity contribution in [1.29, 1.82) is 5.26 Å². The van der Waals surface area contributed by atoms with E-state index < -0.39 is 23.3 Å². The van der Waals surface area contributed by atoms with Crippen LogP contribution in [0.5, 0.6) is 0 Å². The highest BCUT2D eigenvalue weighted by Gasteiger charge is 2.41. The molecule has 0 bridgehead atoms. The lowest BCUT2D eigenvalue weighted by Gasteiger charge is -2.14. The minimum Gasteiger partial charge on any atom is -0.384 e. The van der Waals surface area contributed by atoms with E-state index in [4.69, 9.17) is 5.73 Å². The number of nitrogens with zero attached hydrogens (tertiary/aromatic N) is 8. The van der Waals surface area contributed by atoms with Crippen LogP contribution in [0.2, 0.25) is 0 Å². The summed E-state index contributed by atoms with van der Waals surface area (Å²) in [5, 5.41) is 23.1. The van der Waals surface area contributed by atoms with Gasteiger partial charge in [0.2, 0.25) is 0 Å². The molecule has 4 heterocycles. The number of nitrogen functional groups attached to an aromatic ring is 1. The van der Waals surface area contributed by atoms with Gasteiger partial charge in [-0.2, -0.15) is 33.7 Å². The van der Waals surface area contributed by atoms with E-state index in [1.54, 1.807) is 0 Å². The Bertz CT molecular complexity index is 1390. The summed E-state index contributed by atoms with van der Waals surface area (Å²) in [6.07, 6.45) is -0.229. The number of nitriles is 1. The minimum atomic E-state index is -4.94. The number of aryl methyl sites for hydroxylation is 1. The maximum Gasteiger partial charge on any atom is 0.434 e. The number of carbonyl (C=O) groups is 1. The number of hydrogen-bond acceptors (Lipinski definition) is 8. The van der Waals surface area contributed by atoms with Gasteiger partial charge >= 0.3 is 6.18 Å². The van der Waals surface area contributed by atoms with Crippen molar-refractivity contribution in [1.82, 2.24) is 34.7 Å². The number of alkyl halides is 3. The molecule has 0 aliphatic heterocycles. The summed E-state index contributed by atoms with van der Waals surface area (Å²) in [5.41, 5.74) is 3.89. The van der Waals surface area contributed by atoms with Crippen LogP contribution in [0.3, 0.4) is 0 Å². The quantitative estimate of drug-likeness (QED) is 0.476. The average molecular weight is 454 g/mol. The maximum absolute atomic E-state index is 13.9. The molecule has 11 nitrogen and oxygen atoms in total. The fourth-order valence-electron chi connectivity index (χ4n) is 2.99. The van der Waals surface area contributed by atoms with Crippen molar-refractivity contribution < 1.29 is 18.0 Å². The van der Waals surface area contributed by atoms with E-state index in [0.29, 0.717) is 10.2 Å². The molecular formula is C19H13F3N10O. The average Bonchev–Trinajstić information content (AvgIpc) is 3.45. The molecule has 1 amide bonds. The molecule has 0 saturated carbocycles. The van der Waals surface area contributed by atoms with Crippen molar-refractivity contribution in [3.8, 4) is 17.7 Å². The summed E-state index contributed by atoms with van der Waals surface area (Å²) in [7, 11) is 0. The predicted octanol–water partition coefficient (Wildman–Crippen LogP) is 2.28. The summed E-state index contributed by atoms with van der Waals surface area (Å²) in [6, 6.07) is 6.05. The lowest BCUT2D eigenvalue weighted by molar-refractivity contribution is -0.143. The Morgan fingerprint density at radius 3 is 2.55 bits per heavy atom. The summed E-state index contributed by atoms with van der Waals surface area (Å²) < 4.78 is 42.3. The molecule has 0 radical (unpaired) electrons. The fourth-order valence-corrected chi connectivity index (χ4v) is 2.99. The first-order valence-electron chi connectivity index (χ1n) is 9.16. The van der Waals surface area contributed by atoms with Crippen molar-refractivity contribution in [3.05, 3.63) is 65.4 Å². The molecule has 0 aromatic carbocycles. The Balaban J connectivity index is 1.72. The first kappa shape index (κ1) is 21.4. The van der Waals surface area contributed by atoms with E-state index in [-0.39, 0.29) is 28.7 Å². The van der Waals surface area contributed by atoms with Crippen molar-refractivity contribution in [2.45, 2.75) is 13.1 Å². The second kappa shape index (κ2) is 8.04. The smallest absolute Gasteiger partial charge is 0.384 e. The zero-order chi connectivity index (χ0) is 23.8. The van der Waals surface area contributed by atoms with Crippen molar-refractivity contribution in [2.24, 2.45) is 0 Å². The third-order valence-electron chi connectivity index (χ3n) is 4.43. The summed E-state index contributed by atoms with van der Waals surface area (Å²) in [4.78, 5) is 21.8. The van der Waals surface area contributed by atoms with Crippen molar-refractivity contribution in [3.63, 3.8) is 0 Å². The highest BCUT2D eigenvalue weighted by atomic mass is 19.4. The van der Waals surface area contributed by atoms with Crippen LogP contribution < -0.4 is 11.1 Å². The van der Waals surface area contributed by atoms with Crippen LogP contribution in [-0.2, 0) is 6.18 Å². The van der Waals surface area contributed by atoms with Gasteiger partial charge in [0.15, 0.2) is 17.3 Å². The number of carbonyl (C=O) groups excluding carboxylic acids is 1. The van der Waals surface area contributed by atoms with Crippen LogP contribution >= 0.6 is 0 Å². The zero-order valence-corrected chi connectivity index (χ0v) is 16.7. The number of nitrogens with one attached hydrogen (secondary N) is 1. The third-order valence-corrected chi connectivity index (χ3v) is 4.43.